The number of nitrogens with one attached hydrogen (secondary N) is 3. The first-order valence-corrected chi connectivity index (χ1v) is 6.76. The maximum absolute atomic E-state index is 11.7. The van der Waals surface area contributed by atoms with Crippen molar-refractivity contribution in [3.8, 4) is 0 Å². The molecule has 0 aromatic carbocycles. The zero-order valence-electron chi connectivity index (χ0n) is 12.3. The molecule has 0 bridgehead atoms. The van der Waals surface area contributed by atoms with Crippen LogP contribution in [0.1, 0.15) is 24.2 Å². The van der Waals surface area contributed by atoms with Gasteiger partial charge in [0, 0.05) is 39.1 Å². The lowest BCUT2D eigenvalue weighted by Gasteiger charge is -2.13. The van der Waals surface area contributed by atoms with Crippen LogP contribution in [0.5, 0.6) is 0 Å². The second-order valence-corrected chi connectivity index (χ2v) is 4.77. The summed E-state index contributed by atoms with van der Waals surface area (Å²) in [6.45, 7) is 6.27. The summed E-state index contributed by atoms with van der Waals surface area (Å²) in [5.74, 6) is 1.18. The van der Waals surface area contributed by atoms with E-state index in [2.05, 4.69) is 39.8 Å². The highest BCUT2D eigenvalue weighted by Crippen LogP contribution is 1.94. The van der Waals surface area contributed by atoms with Crippen LogP contribution < -0.4 is 16.0 Å². The molecule has 0 radical (unpaired) electrons. The van der Waals surface area contributed by atoms with E-state index < -0.39 is 0 Å². The van der Waals surface area contributed by atoms with E-state index in [1.54, 1.807) is 31.6 Å². The molecule has 1 rings (SSSR count). The molecule has 3 N–H and O–H groups in total. The van der Waals surface area contributed by atoms with Gasteiger partial charge < -0.3 is 16.0 Å². The Morgan fingerprint density at radius 1 is 1.30 bits per heavy atom. The minimum absolute atomic E-state index is 0.120. The average Bonchev–Trinajstić information content (AvgIpc) is 2.47. The molecule has 6 heteroatoms. The number of carbonyl (C=O) groups is 1. The van der Waals surface area contributed by atoms with Crippen molar-refractivity contribution >= 4 is 11.9 Å². The molecule has 0 saturated carbocycles. The summed E-state index contributed by atoms with van der Waals surface area (Å²) in [5.41, 5.74) is 0.565. The van der Waals surface area contributed by atoms with Crippen molar-refractivity contribution in [1.82, 2.24) is 20.9 Å². The molecule has 1 aromatic rings. The predicted octanol–water partition coefficient (Wildman–Crippen LogP) is 0.632. The Hall–Kier alpha value is -2.11. The Labute approximate surface area is 120 Å². The largest absolute Gasteiger partial charge is 0.356 e. The topological polar surface area (TPSA) is 78.4 Å². The van der Waals surface area contributed by atoms with Gasteiger partial charge in [-0.15, -0.1) is 0 Å². The van der Waals surface area contributed by atoms with Gasteiger partial charge >= 0.3 is 0 Å². The number of rotatable bonds is 6. The highest BCUT2D eigenvalue weighted by molar-refractivity contribution is 5.93. The number of amides is 1. The van der Waals surface area contributed by atoms with E-state index in [-0.39, 0.29) is 5.91 Å². The van der Waals surface area contributed by atoms with Crippen LogP contribution in [-0.2, 0) is 0 Å². The molecule has 110 valence electrons. The summed E-state index contributed by atoms with van der Waals surface area (Å²) < 4.78 is 0. The van der Waals surface area contributed by atoms with E-state index in [1.807, 2.05) is 0 Å². The molecular weight excluding hydrogens is 254 g/mol. The van der Waals surface area contributed by atoms with E-state index in [0.29, 0.717) is 24.6 Å². The molecule has 0 atom stereocenters. The van der Waals surface area contributed by atoms with Gasteiger partial charge in [0.1, 0.15) is 0 Å². The van der Waals surface area contributed by atoms with Gasteiger partial charge in [-0.3, -0.25) is 14.8 Å². The van der Waals surface area contributed by atoms with Crippen LogP contribution in [0.2, 0.25) is 0 Å². The van der Waals surface area contributed by atoms with Crippen LogP contribution in [0.25, 0.3) is 0 Å². The van der Waals surface area contributed by atoms with Gasteiger partial charge in [0.2, 0.25) is 0 Å². The lowest BCUT2D eigenvalue weighted by Crippen LogP contribution is -2.42. The zero-order valence-corrected chi connectivity index (χ0v) is 12.3. The van der Waals surface area contributed by atoms with E-state index in [9.17, 15) is 4.79 Å². The fourth-order valence-corrected chi connectivity index (χ4v) is 1.48. The van der Waals surface area contributed by atoms with Crippen LogP contribution in [0.15, 0.2) is 29.5 Å². The van der Waals surface area contributed by atoms with Crippen molar-refractivity contribution in [2.45, 2.75) is 13.8 Å². The maximum Gasteiger partial charge on any atom is 0.252 e. The minimum atomic E-state index is -0.120. The molecule has 1 heterocycles. The highest BCUT2D eigenvalue weighted by Gasteiger charge is 2.04. The highest BCUT2D eigenvalue weighted by atomic mass is 16.1. The van der Waals surface area contributed by atoms with E-state index in [4.69, 9.17) is 0 Å². The molecule has 1 amide bonds. The van der Waals surface area contributed by atoms with Crippen LogP contribution in [0.4, 0.5) is 0 Å². The van der Waals surface area contributed by atoms with Crippen LogP contribution >= 0.6 is 0 Å². The van der Waals surface area contributed by atoms with Crippen LogP contribution in [0, 0.1) is 5.92 Å². The molecular formula is C14H23N5O. The molecule has 1 aromatic heterocycles. The van der Waals surface area contributed by atoms with Crippen molar-refractivity contribution in [3.05, 3.63) is 30.1 Å². The smallest absolute Gasteiger partial charge is 0.252 e. The third kappa shape index (κ3) is 6.17. The summed E-state index contributed by atoms with van der Waals surface area (Å²) >= 11 is 0. The number of guanidine groups is 1. The van der Waals surface area contributed by atoms with Gasteiger partial charge in [-0.1, -0.05) is 13.8 Å². The summed E-state index contributed by atoms with van der Waals surface area (Å²) in [7, 11) is 1.73. The molecule has 0 aliphatic carbocycles. The first-order valence-electron chi connectivity index (χ1n) is 6.76. The molecule has 0 fully saturated rings. The third-order valence-corrected chi connectivity index (χ3v) is 2.53. The molecule has 0 aliphatic heterocycles. The second kappa shape index (κ2) is 8.90. The normalized spacial score (nSPS) is 11.3. The van der Waals surface area contributed by atoms with Crippen LogP contribution in [-0.4, -0.2) is 43.5 Å². The number of hydrogen-bond acceptors (Lipinski definition) is 3. The van der Waals surface area contributed by atoms with Gasteiger partial charge in [0.05, 0.1) is 5.56 Å². The summed E-state index contributed by atoms with van der Waals surface area (Å²) in [5, 5.41) is 9.16. The Kier molecular flexibility index (Phi) is 7.10. The van der Waals surface area contributed by atoms with E-state index >= 15 is 0 Å². The van der Waals surface area contributed by atoms with Crippen molar-refractivity contribution in [3.63, 3.8) is 0 Å². The molecule has 20 heavy (non-hydrogen) atoms. The van der Waals surface area contributed by atoms with Gasteiger partial charge in [-0.2, -0.15) is 0 Å². The van der Waals surface area contributed by atoms with Gasteiger partial charge in [0.15, 0.2) is 5.96 Å². The van der Waals surface area contributed by atoms with Gasteiger partial charge in [0.25, 0.3) is 5.91 Å². The monoisotopic (exact) mass is 277 g/mol. The van der Waals surface area contributed by atoms with Crippen LogP contribution in [0.3, 0.4) is 0 Å². The Morgan fingerprint density at radius 3 is 2.65 bits per heavy atom. The van der Waals surface area contributed by atoms with Crippen molar-refractivity contribution in [2.75, 3.05) is 26.7 Å². The van der Waals surface area contributed by atoms with Crippen molar-refractivity contribution in [1.29, 1.82) is 0 Å². The first kappa shape index (κ1) is 15.9. The summed E-state index contributed by atoms with van der Waals surface area (Å²) in [6, 6.07) is 3.48. The number of pyridine rings is 1. The molecule has 0 unspecified atom stereocenters. The Balaban J connectivity index is 2.22. The third-order valence-electron chi connectivity index (χ3n) is 2.53. The maximum atomic E-state index is 11.7. The van der Waals surface area contributed by atoms with Crippen molar-refractivity contribution < 1.29 is 4.79 Å². The average molecular weight is 277 g/mol. The fraction of sp³-hybridized carbons (Fsp3) is 0.500. The fourth-order valence-electron chi connectivity index (χ4n) is 1.48. The quantitative estimate of drug-likeness (QED) is 0.405. The minimum Gasteiger partial charge on any atom is -0.356 e. The van der Waals surface area contributed by atoms with Gasteiger partial charge in [-0.25, -0.2) is 0 Å². The molecule has 0 aliphatic rings. The Morgan fingerprint density at radius 2 is 2.05 bits per heavy atom. The number of nitrogens with zero attached hydrogens (tertiary/aromatic N) is 2. The van der Waals surface area contributed by atoms with Gasteiger partial charge in [-0.05, 0) is 18.1 Å². The standard InChI is InChI=1S/C14H23N5O/c1-11(2)9-19-14(15-3)18-8-7-17-13(20)12-5-4-6-16-10-12/h4-6,10-11H,7-9H2,1-3H3,(H,17,20)(H2,15,18,19). The Bertz CT molecular complexity index is 430. The molecule has 0 saturated heterocycles. The SMILES string of the molecule is CN=C(NCCNC(=O)c1cccnc1)NCC(C)C. The molecule has 6 nitrogen and oxygen atoms in total. The summed E-state index contributed by atoms with van der Waals surface area (Å²) in [6.07, 6.45) is 3.19. The number of aromatic nitrogens is 1. The molecule has 0 spiro atoms. The van der Waals surface area contributed by atoms with E-state index in [0.717, 1.165) is 12.5 Å². The first-order chi connectivity index (χ1) is 9.63. The number of hydrogen-bond donors (Lipinski definition) is 3. The predicted molar refractivity (Wildman–Crippen MR) is 80.8 cm³/mol. The van der Waals surface area contributed by atoms with E-state index in [1.165, 1.54) is 0 Å². The lowest BCUT2D eigenvalue weighted by atomic mass is 10.2. The number of carbonyl (C=O) groups excluding carboxylic acids is 1. The number of aliphatic imine (C=N–C) groups is 1. The lowest BCUT2D eigenvalue weighted by molar-refractivity contribution is 0.0954. The van der Waals surface area contributed by atoms with Crippen molar-refractivity contribution in [2.24, 2.45) is 10.9 Å². The second-order valence-electron chi connectivity index (χ2n) is 4.77. The zero-order chi connectivity index (χ0) is 14.8. The summed E-state index contributed by atoms with van der Waals surface area (Å²) in [4.78, 5) is 19.8.